The first kappa shape index (κ1) is 11.4. The summed E-state index contributed by atoms with van der Waals surface area (Å²) in [6, 6.07) is 0. The minimum Gasteiger partial charge on any atom is -0.388 e. The number of carbonyl (C=O) groups excluding carboxylic acids is 1. The maximum absolute atomic E-state index is 11.3. The third-order valence-electron chi connectivity index (χ3n) is 2.26. The molecular weight excluding hydrogens is 190 g/mol. The Labute approximate surface area is 82.0 Å². The molecule has 1 fully saturated rings. The molecule has 0 aromatic carbocycles. The number of rotatable bonds is 3. The second-order valence-corrected chi connectivity index (χ2v) is 3.21. The van der Waals surface area contributed by atoms with Crippen LogP contribution in [0.1, 0.15) is 6.42 Å². The lowest BCUT2D eigenvalue weighted by Gasteiger charge is -2.18. The Morgan fingerprint density at radius 3 is 2.71 bits per heavy atom. The fourth-order valence-corrected chi connectivity index (χ4v) is 1.25. The summed E-state index contributed by atoms with van der Waals surface area (Å²) in [4.78, 5) is 16.0. The van der Waals surface area contributed by atoms with Crippen molar-refractivity contribution < 1.29 is 24.6 Å². The Morgan fingerprint density at radius 2 is 2.29 bits per heavy atom. The van der Waals surface area contributed by atoms with E-state index in [1.807, 2.05) is 0 Å². The van der Waals surface area contributed by atoms with Crippen molar-refractivity contribution in [3.63, 3.8) is 0 Å². The van der Waals surface area contributed by atoms with E-state index >= 15 is 0 Å². The molecular formula is C8H15NO5. The molecule has 0 aromatic heterocycles. The predicted molar refractivity (Wildman–Crippen MR) is 46.1 cm³/mol. The number of carbonyl (C=O) groups is 1. The van der Waals surface area contributed by atoms with Crippen molar-refractivity contribution in [1.29, 1.82) is 0 Å². The van der Waals surface area contributed by atoms with Crippen molar-refractivity contribution in [1.82, 2.24) is 5.06 Å². The van der Waals surface area contributed by atoms with Gasteiger partial charge >= 0.3 is 0 Å². The van der Waals surface area contributed by atoms with Gasteiger partial charge in [0.05, 0.1) is 26.2 Å². The normalized spacial score (nSPS) is 31.9. The summed E-state index contributed by atoms with van der Waals surface area (Å²) in [7, 11) is 2.85. The van der Waals surface area contributed by atoms with E-state index < -0.39 is 18.3 Å². The summed E-state index contributed by atoms with van der Waals surface area (Å²) < 4.78 is 5.04. The molecule has 2 N–H and O–H groups in total. The summed E-state index contributed by atoms with van der Waals surface area (Å²) in [6.45, 7) is 0.0653. The van der Waals surface area contributed by atoms with Crippen molar-refractivity contribution >= 4 is 5.91 Å². The maximum atomic E-state index is 11.3. The van der Waals surface area contributed by atoms with Crippen LogP contribution in [0.5, 0.6) is 0 Å². The van der Waals surface area contributed by atoms with Gasteiger partial charge in [0.25, 0.3) is 0 Å². The zero-order valence-corrected chi connectivity index (χ0v) is 8.21. The van der Waals surface area contributed by atoms with Crippen LogP contribution >= 0.6 is 0 Å². The largest absolute Gasteiger partial charge is 0.388 e. The zero-order chi connectivity index (χ0) is 10.7. The van der Waals surface area contributed by atoms with Gasteiger partial charge < -0.3 is 14.9 Å². The van der Waals surface area contributed by atoms with E-state index in [4.69, 9.17) is 9.84 Å². The number of nitrogens with zero attached hydrogens (tertiary/aromatic N) is 1. The number of aliphatic hydroxyl groups is 2. The maximum Gasteiger partial charge on any atom is 0.248 e. The lowest BCUT2D eigenvalue weighted by molar-refractivity contribution is -0.171. The first-order valence-electron chi connectivity index (χ1n) is 4.34. The topological polar surface area (TPSA) is 79.2 Å². The van der Waals surface area contributed by atoms with Gasteiger partial charge in [-0.3, -0.25) is 9.63 Å². The molecule has 0 radical (unpaired) electrons. The molecule has 0 aromatic rings. The molecule has 0 unspecified atom stereocenters. The Morgan fingerprint density at radius 1 is 1.64 bits per heavy atom. The highest BCUT2D eigenvalue weighted by Gasteiger charge is 2.36. The molecule has 6 nitrogen and oxygen atoms in total. The molecule has 0 aliphatic carbocycles. The van der Waals surface area contributed by atoms with Crippen LogP contribution in [-0.2, 0) is 14.4 Å². The smallest absolute Gasteiger partial charge is 0.248 e. The average Bonchev–Trinajstić information content (AvgIpc) is 2.48. The van der Waals surface area contributed by atoms with Gasteiger partial charge in [0, 0.05) is 7.05 Å². The van der Waals surface area contributed by atoms with Crippen molar-refractivity contribution in [2.24, 2.45) is 0 Å². The number of hydrogen-bond donors (Lipinski definition) is 2. The quantitative estimate of drug-likeness (QED) is 0.549. The van der Waals surface area contributed by atoms with Crippen LogP contribution in [0.15, 0.2) is 0 Å². The summed E-state index contributed by atoms with van der Waals surface area (Å²) >= 11 is 0. The Balaban J connectivity index is 2.41. The minimum atomic E-state index is -0.996. The summed E-state index contributed by atoms with van der Waals surface area (Å²) in [5.74, 6) is -0.300. The van der Waals surface area contributed by atoms with Crippen LogP contribution in [-0.4, -0.2) is 60.3 Å². The first-order chi connectivity index (χ1) is 6.56. The molecule has 14 heavy (non-hydrogen) atoms. The molecule has 3 atom stereocenters. The van der Waals surface area contributed by atoms with E-state index in [2.05, 4.69) is 4.84 Å². The molecule has 0 bridgehead atoms. The fourth-order valence-electron chi connectivity index (χ4n) is 1.25. The summed E-state index contributed by atoms with van der Waals surface area (Å²) in [5.41, 5.74) is 0. The van der Waals surface area contributed by atoms with E-state index in [-0.39, 0.29) is 18.9 Å². The van der Waals surface area contributed by atoms with Crippen LogP contribution in [0, 0.1) is 0 Å². The van der Waals surface area contributed by atoms with Crippen molar-refractivity contribution in [2.45, 2.75) is 24.7 Å². The highest BCUT2D eigenvalue weighted by Crippen LogP contribution is 2.17. The van der Waals surface area contributed by atoms with Gasteiger partial charge in [-0.1, -0.05) is 0 Å². The van der Waals surface area contributed by atoms with E-state index in [1.54, 1.807) is 0 Å². The van der Waals surface area contributed by atoms with Crippen molar-refractivity contribution in [2.75, 3.05) is 20.8 Å². The third kappa shape index (κ3) is 2.42. The van der Waals surface area contributed by atoms with Crippen LogP contribution < -0.4 is 0 Å². The Kier molecular flexibility index (Phi) is 3.82. The lowest BCUT2D eigenvalue weighted by atomic mass is 10.1. The number of ether oxygens (including phenoxy) is 1. The molecule has 1 amide bonds. The van der Waals surface area contributed by atoms with E-state index in [0.717, 1.165) is 5.06 Å². The molecule has 1 aliphatic heterocycles. The molecule has 1 aliphatic rings. The van der Waals surface area contributed by atoms with Gasteiger partial charge in [0.15, 0.2) is 0 Å². The second kappa shape index (κ2) is 4.70. The highest BCUT2D eigenvalue weighted by atomic mass is 16.7. The third-order valence-corrected chi connectivity index (χ3v) is 2.26. The fraction of sp³-hybridized carbons (Fsp3) is 0.875. The molecule has 82 valence electrons. The first-order valence-corrected chi connectivity index (χ1v) is 4.34. The summed E-state index contributed by atoms with van der Waals surface area (Å²) in [5, 5.41) is 19.6. The Bertz CT molecular complexity index is 210. The number of amides is 1. The van der Waals surface area contributed by atoms with Crippen LogP contribution in [0.3, 0.4) is 0 Å². The van der Waals surface area contributed by atoms with Crippen LogP contribution in [0.4, 0.5) is 0 Å². The standard InChI is InChI=1S/C8H15NO5/c1-9(13-2)7(11)3-6-8(12)5(10)4-14-6/h5-6,8,10,12H,3-4H2,1-2H3/t5-,6+,8+/m0/s1. The molecule has 6 heteroatoms. The monoisotopic (exact) mass is 205 g/mol. The van der Waals surface area contributed by atoms with Crippen LogP contribution in [0.2, 0.25) is 0 Å². The lowest BCUT2D eigenvalue weighted by Crippen LogP contribution is -2.35. The minimum absolute atomic E-state index is 0.00255. The average molecular weight is 205 g/mol. The van der Waals surface area contributed by atoms with Crippen molar-refractivity contribution in [3.8, 4) is 0 Å². The molecule has 1 rings (SSSR count). The predicted octanol–water partition coefficient (Wildman–Crippen LogP) is -1.48. The zero-order valence-electron chi connectivity index (χ0n) is 8.21. The highest BCUT2D eigenvalue weighted by molar-refractivity contribution is 5.75. The van der Waals surface area contributed by atoms with Gasteiger partial charge in [0.1, 0.15) is 12.2 Å². The van der Waals surface area contributed by atoms with Gasteiger partial charge in [-0.15, -0.1) is 0 Å². The van der Waals surface area contributed by atoms with E-state index in [0.29, 0.717) is 0 Å². The Hall–Kier alpha value is -0.690. The van der Waals surface area contributed by atoms with Gasteiger partial charge in [-0.05, 0) is 0 Å². The summed E-state index contributed by atoms with van der Waals surface area (Å²) in [6.07, 6.45) is -2.54. The number of aliphatic hydroxyl groups excluding tert-OH is 2. The van der Waals surface area contributed by atoms with Gasteiger partial charge in [-0.2, -0.15) is 0 Å². The van der Waals surface area contributed by atoms with Gasteiger partial charge in [0.2, 0.25) is 5.91 Å². The number of hydroxylamine groups is 2. The van der Waals surface area contributed by atoms with Crippen LogP contribution in [0.25, 0.3) is 0 Å². The van der Waals surface area contributed by atoms with Gasteiger partial charge in [-0.25, -0.2) is 5.06 Å². The van der Waals surface area contributed by atoms with E-state index in [1.165, 1.54) is 14.2 Å². The van der Waals surface area contributed by atoms with Crippen molar-refractivity contribution in [3.05, 3.63) is 0 Å². The molecule has 1 saturated heterocycles. The molecule has 1 heterocycles. The SMILES string of the molecule is CON(C)C(=O)C[C@H]1OC[C@H](O)[C@H]1O. The second-order valence-electron chi connectivity index (χ2n) is 3.21. The molecule has 0 saturated carbocycles. The number of hydrogen-bond acceptors (Lipinski definition) is 5. The van der Waals surface area contributed by atoms with E-state index in [9.17, 15) is 9.90 Å². The molecule has 0 spiro atoms.